The summed E-state index contributed by atoms with van der Waals surface area (Å²) in [6, 6.07) is 7.87. The summed E-state index contributed by atoms with van der Waals surface area (Å²) in [5.74, 6) is -5.00. The molecule has 0 saturated carbocycles. The van der Waals surface area contributed by atoms with Gasteiger partial charge in [-0.2, -0.15) is 0 Å². The number of benzene rings is 2. The first-order valence-electron chi connectivity index (χ1n) is 6.85. The SMILES string of the molecule is O=C(NCC(O)c1ccc(F)cc1)C(=O)Nc1c(F)cccc1F. The van der Waals surface area contributed by atoms with E-state index in [1.807, 2.05) is 5.32 Å². The van der Waals surface area contributed by atoms with Crippen LogP contribution in [0.5, 0.6) is 0 Å². The van der Waals surface area contributed by atoms with E-state index in [1.165, 1.54) is 12.1 Å². The maximum absolute atomic E-state index is 13.4. The second-order valence-corrected chi connectivity index (χ2v) is 4.83. The molecule has 0 saturated heterocycles. The lowest BCUT2D eigenvalue weighted by Gasteiger charge is -2.12. The van der Waals surface area contributed by atoms with Crippen LogP contribution in [0, 0.1) is 17.5 Å². The topological polar surface area (TPSA) is 78.4 Å². The molecule has 0 aliphatic carbocycles. The highest BCUT2D eigenvalue weighted by molar-refractivity contribution is 6.39. The summed E-state index contributed by atoms with van der Waals surface area (Å²) < 4.78 is 39.5. The normalized spacial score (nSPS) is 11.7. The molecular formula is C16H13F3N2O3. The van der Waals surface area contributed by atoms with Gasteiger partial charge in [-0.1, -0.05) is 18.2 Å². The molecular weight excluding hydrogens is 325 g/mol. The molecule has 3 N–H and O–H groups in total. The molecule has 1 atom stereocenters. The van der Waals surface area contributed by atoms with Crippen molar-refractivity contribution in [1.82, 2.24) is 5.32 Å². The number of nitrogens with one attached hydrogen (secondary N) is 2. The van der Waals surface area contributed by atoms with E-state index in [4.69, 9.17) is 0 Å². The van der Waals surface area contributed by atoms with Gasteiger partial charge in [0.2, 0.25) is 0 Å². The van der Waals surface area contributed by atoms with Gasteiger partial charge in [0.25, 0.3) is 0 Å². The number of carbonyl (C=O) groups is 2. The summed E-state index contributed by atoms with van der Waals surface area (Å²) >= 11 is 0. The quantitative estimate of drug-likeness (QED) is 0.745. The van der Waals surface area contributed by atoms with E-state index in [9.17, 15) is 27.9 Å². The Hall–Kier alpha value is -2.87. The monoisotopic (exact) mass is 338 g/mol. The lowest BCUT2D eigenvalue weighted by molar-refractivity contribution is -0.136. The zero-order valence-electron chi connectivity index (χ0n) is 12.2. The van der Waals surface area contributed by atoms with E-state index < -0.39 is 41.1 Å². The fourth-order valence-electron chi connectivity index (χ4n) is 1.86. The number of carbonyl (C=O) groups excluding carboxylic acids is 2. The van der Waals surface area contributed by atoms with Crippen molar-refractivity contribution >= 4 is 17.5 Å². The van der Waals surface area contributed by atoms with Crippen LogP contribution in [0.4, 0.5) is 18.9 Å². The Morgan fingerprint density at radius 1 is 0.958 bits per heavy atom. The summed E-state index contributed by atoms with van der Waals surface area (Å²) in [5, 5.41) is 13.8. The molecule has 0 heterocycles. The first-order valence-corrected chi connectivity index (χ1v) is 6.85. The Kier molecular flexibility index (Phi) is 5.54. The molecule has 0 fully saturated rings. The van der Waals surface area contributed by atoms with Gasteiger partial charge >= 0.3 is 11.8 Å². The van der Waals surface area contributed by atoms with Gasteiger partial charge in [-0.3, -0.25) is 9.59 Å². The Morgan fingerprint density at radius 3 is 2.12 bits per heavy atom. The first-order chi connectivity index (χ1) is 11.4. The maximum atomic E-state index is 13.4. The van der Waals surface area contributed by atoms with E-state index in [0.717, 1.165) is 30.3 Å². The van der Waals surface area contributed by atoms with Crippen molar-refractivity contribution in [1.29, 1.82) is 0 Å². The third-order valence-corrected chi connectivity index (χ3v) is 3.12. The van der Waals surface area contributed by atoms with Gasteiger partial charge in [-0.25, -0.2) is 13.2 Å². The number of hydrogen-bond acceptors (Lipinski definition) is 3. The van der Waals surface area contributed by atoms with Crippen molar-refractivity contribution < 1.29 is 27.9 Å². The fraction of sp³-hybridized carbons (Fsp3) is 0.125. The van der Waals surface area contributed by atoms with E-state index in [1.54, 1.807) is 0 Å². The van der Waals surface area contributed by atoms with Crippen molar-refractivity contribution in [3.05, 3.63) is 65.5 Å². The van der Waals surface area contributed by atoms with Crippen molar-refractivity contribution in [2.24, 2.45) is 0 Å². The molecule has 2 aromatic rings. The number of anilines is 1. The van der Waals surface area contributed by atoms with Gasteiger partial charge in [-0.05, 0) is 29.8 Å². The third-order valence-electron chi connectivity index (χ3n) is 3.12. The molecule has 5 nitrogen and oxygen atoms in total. The molecule has 0 radical (unpaired) electrons. The fourth-order valence-corrected chi connectivity index (χ4v) is 1.86. The highest BCUT2D eigenvalue weighted by atomic mass is 19.1. The second-order valence-electron chi connectivity index (χ2n) is 4.83. The Bertz CT molecular complexity index is 730. The molecule has 0 aliphatic rings. The Balaban J connectivity index is 1.92. The van der Waals surface area contributed by atoms with Crippen LogP contribution in [0.1, 0.15) is 11.7 Å². The number of aliphatic hydroxyl groups is 1. The van der Waals surface area contributed by atoms with E-state index in [2.05, 4.69) is 5.32 Å². The lowest BCUT2D eigenvalue weighted by Crippen LogP contribution is -2.38. The van der Waals surface area contributed by atoms with Crippen molar-refractivity contribution in [2.45, 2.75) is 6.10 Å². The van der Waals surface area contributed by atoms with Crippen LogP contribution < -0.4 is 10.6 Å². The molecule has 0 aromatic heterocycles. The molecule has 2 amide bonds. The largest absolute Gasteiger partial charge is 0.387 e. The average molecular weight is 338 g/mol. The van der Waals surface area contributed by atoms with E-state index in [-0.39, 0.29) is 6.54 Å². The minimum Gasteiger partial charge on any atom is -0.387 e. The Morgan fingerprint density at radius 2 is 1.54 bits per heavy atom. The second kappa shape index (κ2) is 7.60. The number of halogens is 3. The van der Waals surface area contributed by atoms with Gasteiger partial charge < -0.3 is 15.7 Å². The third kappa shape index (κ3) is 4.32. The number of rotatable bonds is 4. The van der Waals surface area contributed by atoms with Crippen LogP contribution in [0.15, 0.2) is 42.5 Å². The van der Waals surface area contributed by atoms with Gasteiger partial charge in [0, 0.05) is 6.54 Å². The van der Waals surface area contributed by atoms with Crippen LogP contribution in [0.2, 0.25) is 0 Å². The predicted molar refractivity (Wildman–Crippen MR) is 79.4 cm³/mol. The van der Waals surface area contributed by atoms with Gasteiger partial charge in [0.15, 0.2) is 0 Å². The van der Waals surface area contributed by atoms with E-state index in [0.29, 0.717) is 5.56 Å². The molecule has 0 spiro atoms. The zero-order valence-corrected chi connectivity index (χ0v) is 12.2. The molecule has 1 unspecified atom stereocenters. The van der Waals surface area contributed by atoms with Crippen molar-refractivity contribution in [3.8, 4) is 0 Å². The summed E-state index contributed by atoms with van der Waals surface area (Å²) in [4.78, 5) is 23.2. The first kappa shape index (κ1) is 17.5. The highest BCUT2D eigenvalue weighted by Gasteiger charge is 2.19. The lowest BCUT2D eigenvalue weighted by atomic mass is 10.1. The molecule has 126 valence electrons. The zero-order chi connectivity index (χ0) is 17.7. The van der Waals surface area contributed by atoms with Crippen LogP contribution in [-0.4, -0.2) is 23.5 Å². The maximum Gasteiger partial charge on any atom is 0.313 e. The van der Waals surface area contributed by atoms with Gasteiger partial charge in [-0.15, -0.1) is 0 Å². The minimum atomic E-state index is -1.29. The van der Waals surface area contributed by atoms with Gasteiger partial charge in [0.05, 0.1) is 6.10 Å². The summed E-state index contributed by atoms with van der Waals surface area (Å²) in [6.45, 7) is -0.336. The average Bonchev–Trinajstić information content (AvgIpc) is 2.56. The smallest absolute Gasteiger partial charge is 0.313 e. The van der Waals surface area contributed by atoms with Crippen LogP contribution in [0.3, 0.4) is 0 Å². The Labute approximate surface area is 135 Å². The number of aliphatic hydroxyl groups excluding tert-OH is 1. The number of para-hydroxylation sites is 1. The molecule has 0 aliphatic heterocycles. The predicted octanol–water partition coefficient (Wildman–Crippen LogP) is 1.89. The molecule has 2 aromatic carbocycles. The summed E-state index contributed by atoms with van der Waals surface area (Å²) in [5.41, 5.74) is -0.408. The number of hydrogen-bond donors (Lipinski definition) is 3. The summed E-state index contributed by atoms with van der Waals surface area (Å²) in [6.07, 6.45) is -1.17. The molecule has 24 heavy (non-hydrogen) atoms. The molecule has 0 bridgehead atoms. The standard InChI is InChI=1S/C16H13F3N2O3/c17-10-6-4-9(5-7-10)13(22)8-20-15(23)16(24)21-14-11(18)2-1-3-12(14)19/h1-7,13,22H,8H2,(H,20,23)(H,21,24). The van der Waals surface area contributed by atoms with Crippen molar-refractivity contribution in [2.75, 3.05) is 11.9 Å². The molecule has 2 rings (SSSR count). The minimum absolute atomic E-state index is 0.331. The number of amides is 2. The summed E-state index contributed by atoms with van der Waals surface area (Å²) in [7, 11) is 0. The van der Waals surface area contributed by atoms with Crippen LogP contribution in [0.25, 0.3) is 0 Å². The van der Waals surface area contributed by atoms with Gasteiger partial charge in [0.1, 0.15) is 23.1 Å². The van der Waals surface area contributed by atoms with Crippen LogP contribution >= 0.6 is 0 Å². The highest BCUT2D eigenvalue weighted by Crippen LogP contribution is 2.17. The van der Waals surface area contributed by atoms with Crippen LogP contribution in [-0.2, 0) is 9.59 Å². The van der Waals surface area contributed by atoms with E-state index >= 15 is 0 Å². The van der Waals surface area contributed by atoms with Crippen molar-refractivity contribution in [3.63, 3.8) is 0 Å². The molecule has 8 heteroatoms.